The van der Waals surface area contributed by atoms with Gasteiger partial charge in [0.25, 0.3) is 0 Å². The lowest BCUT2D eigenvalue weighted by Gasteiger charge is -2.23. The van der Waals surface area contributed by atoms with Gasteiger partial charge < -0.3 is 10.1 Å². The van der Waals surface area contributed by atoms with Crippen LogP contribution in [0.5, 0.6) is 0 Å². The standard InChI is InChI=1S/C14H20N2OS/c1-14(2,17-3)10-16-13-15-9-12(18-13)11-7-5-4-6-8-11/h4-8,12H,9-10H2,1-3H3,(H,15,16). The quantitative estimate of drug-likeness (QED) is 0.908. The van der Waals surface area contributed by atoms with Gasteiger partial charge in [-0.25, -0.2) is 0 Å². The van der Waals surface area contributed by atoms with Crippen LogP contribution in [0, 0.1) is 0 Å². The number of ether oxygens (including phenoxy) is 1. The fraction of sp³-hybridized carbons (Fsp3) is 0.500. The first-order chi connectivity index (χ1) is 8.61. The number of nitrogens with zero attached hydrogens (tertiary/aromatic N) is 1. The van der Waals surface area contributed by atoms with E-state index in [1.807, 2.05) is 6.07 Å². The van der Waals surface area contributed by atoms with Crippen molar-refractivity contribution in [3.63, 3.8) is 0 Å². The molecule has 1 aliphatic heterocycles. The third kappa shape index (κ3) is 3.50. The second-order valence-corrected chi connectivity index (χ2v) is 6.17. The highest BCUT2D eigenvalue weighted by molar-refractivity contribution is 8.14. The Morgan fingerprint density at radius 2 is 2.11 bits per heavy atom. The molecule has 0 bridgehead atoms. The molecule has 4 heteroatoms. The van der Waals surface area contributed by atoms with Crippen molar-refractivity contribution >= 4 is 16.9 Å². The van der Waals surface area contributed by atoms with Crippen molar-refractivity contribution in [2.75, 3.05) is 20.2 Å². The molecule has 1 atom stereocenters. The summed E-state index contributed by atoms with van der Waals surface area (Å²) in [7, 11) is 1.73. The normalized spacial score (nSPS) is 19.7. The van der Waals surface area contributed by atoms with Gasteiger partial charge in [-0.1, -0.05) is 42.1 Å². The molecule has 0 saturated carbocycles. The molecular formula is C14H20N2OS. The number of amidine groups is 1. The summed E-state index contributed by atoms with van der Waals surface area (Å²) >= 11 is 1.80. The highest BCUT2D eigenvalue weighted by atomic mass is 32.2. The summed E-state index contributed by atoms with van der Waals surface area (Å²) < 4.78 is 5.38. The Labute approximate surface area is 113 Å². The van der Waals surface area contributed by atoms with E-state index in [0.29, 0.717) is 5.25 Å². The molecule has 1 N–H and O–H groups in total. The number of hydrogen-bond acceptors (Lipinski definition) is 4. The number of hydrogen-bond donors (Lipinski definition) is 1. The van der Waals surface area contributed by atoms with Gasteiger partial charge in [0.15, 0.2) is 5.17 Å². The number of benzene rings is 1. The third-order valence-electron chi connectivity index (χ3n) is 3.04. The topological polar surface area (TPSA) is 33.6 Å². The fourth-order valence-electron chi connectivity index (χ4n) is 1.67. The molecule has 0 aliphatic carbocycles. The molecular weight excluding hydrogens is 244 g/mol. The van der Waals surface area contributed by atoms with E-state index >= 15 is 0 Å². The van der Waals surface area contributed by atoms with E-state index in [-0.39, 0.29) is 5.60 Å². The SMILES string of the molecule is COC(C)(C)CNC1=NCC(c2ccccc2)S1. The molecule has 1 unspecified atom stereocenters. The number of rotatable bonds is 4. The van der Waals surface area contributed by atoms with Crippen molar-refractivity contribution in [1.82, 2.24) is 5.32 Å². The van der Waals surface area contributed by atoms with Gasteiger partial charge in [-0.2, -0.15) is 0 Å². The van der Waals surface area contributed by atoms with Crippen LogP contribution in [0.25, 0.3) is 0 Å². The van der Waals surface area contributed by atoms with Crippen molar-refractivity contribution in [1.29, 1.82) is 0 Å². The molecule has 1 aliphatic rings. The maximum atomic E-state index is 5.38. The Kier molecular flexibility index (Phi) is 4.30. The molecule has 0 amide bonds. The van der Waals surface area contributed by atoms with E-state index in [9.17, 15) is 0 Å². The number of methoxy groups -OCH3 is 1. The van der Waals surface area contributed by atoms with Crippen LogP contribution in [0.15, 0.2) is 35.3 Å². The Bertz CT molecular complexity index is 417. The van der Waals surface area contributed by atoms with Gasteiger partial charge in [-0.15, -0.1) is 0 Å². The van der Waals surface area contributed by atoms with Crippen LogP contribution in [-0.4, -0.2) is 31.0 Å². The minimum absolute atomic E-state index is 0.159. The lowest BCUT2D eigenvalue weighted by atomic mass is 10.1. The van der Waals surface area contributed by atoms with E-state index in [1.165, 1.54) is 5.56 Å². The zero-order valence-corrected chi connectivity index (χ0v) is 12.0. The van der Waals surface area contributed by atoms with Gasteiger partial charge in [0.2, 0.25) is 0 Å². The summed E-state index contributed by atoms with van der Waals surface area (Å²) in [5.41, 5.74) is 1.18. The predicted molar refractivity (Wildman–Crippen MR) is 78.2 cm³/mol. The second-order valence-electron chi connectivity index (χ2n) is 4.98. The molecule has 0 spiro atoms. The van der Waals surface area contributed by atoms with Crippen LogP contribution in [0.2, 0.25) is 0 Å². The third-order valence-corrected chi connectivity index (χ3v) is 4.25. The zero-order valence-electron chi connectivity index (χ0n) is 11.1. The fourth-order valence-corrected chi connectivity index (χ4v) is 2.69. The van der Waals surface area contributed by atoms with Crippen molar-refractivity contribution in [3.05, 3.63) is 35.9 Å². The van der Waals surface area contributed by atoms with Crippen molar-refractivity contribution in [2.45, 2.75) is 24.7 Å². The maximum absolute atomic E-state index is 5.38. The van der Waals surface area contributed by atoms with Crippen molar-refractivity contribution in [2.24, 2.45) is 4.99 Å². The number of thioether (sulfide) groups is 1. The Hall–Kier alpha value is -1.00. The van der Waals surface area contributed by atoms with E-state index in [4.69, 9.17) is 4.74 Å². The van der Waals surface area contributed by atoms with Gasteiger partial charge in [0.05, 0.1) is 17.4 Å². The average Bonchev–Trinajstić information content (AvgIpc) is 2.86. The molecule has 0 radical (unpaired) electrons. The molecule has 1 aromatic carbocycles. The molecule has 0 fully saturated rings. The molecule has 0 saturated heterocycles. The first-order valence-electron chi connectivity index (χ1n) is 6.16. The predicted octanol–water partition coefficient (Wildman–Crippen LogP) is 2.85. The van der Waals surface area contributed by atoms with E-state index in [1.54, 1.807) is 18.9 Å². The summed E-state index contributed by atoms with van der Waals surface area (Å²) in [5.74, 6) is 0. The van der Waals surface area contributed by atoms with E-state index in [2.05, 4.69) is 48.4 Å². The Morgan fingerprint density at radius 1 is 1.39 bits per heavy atom. The second kappa shape index (κ2) is 5.76. The molecule has 1 heterocycles. The smallest absolute Gasteiger partial charge is 0.157 e. The highest BCUT2D eigenvalue weighted by Crippen LogP contribution is 2.34. The van der Waals surface area contributed by atoms with E-state index in [0.717, 1.165) is 18.3 Å². The summed E-state index contributed by atoms with van der Waals surface area (Å²) in [6.45, 7) is 5.75. The molecule has 2 rings (SSSR count). The monoisotopic (exact) mass is 264 g/mol. The zero-order chi connectivity index (χ0) is 13.0. The van der Waals surface area contributed by atoms with Gasteiger partial charge in [0.1, 0.15) is 0 Å². The molecule has 0 aromatic heterocycles. The molecule has 3 nitrogen and oxygen atoms in total. The molecule has 1 aromatic rings. The minimum Gasteiger partial charge on any atom is -0.377 e. The molecule has 98 valence electrons. The van der Waals surface area contributed by atoms with Crippen molar-refractivity contribution < 1.29 is 4.74 Å². The summed E-state index contributed by atoms with van der Waals surface area (Å²) in [6, 6.07) is 10.5. The van der Waals surface area contributed by atoms with Gasteiger partial charge in [-0.05, 0) is 19.4 Å². The maximum Gasteiger partial charge on any atom is 0.157 e. The van der Waals surface area contributed by atoms with Gasteiger partial charge in [-0.3, -0.25) is 4.99 Å². The first-order valence-corrected chi connectivity index (χ1v) is 7.04. The van der Waals surface area contributed by atoms with Gasteiger partial charge in [0, 0.05) is 13.7 Å². The van der Waals surface area contributed by atoms with Crippen LogP contribution < -0.4 is 5.32 Å². The first kappa shape index (κ1) is 13.4. The van der Waals surface area contributed by atoms with Crippen LogP contribution in [-0.2, 0) is 4.74 Å². The van der Waals surface area contributed by atoms with Crippen LogP contribution in [0.3, 0.4) is 0 Å². The lowest BCUT2D eigenvalue weighted by molar-refractivity contribution is 0.0271. The largest absolute Gasteiger partial charge is 0.377 e. The number of aliphatic imine (C=N–C) groups is 1. The van der Waals surface area contributed by atoms with Crippen molar-refractivity contribution in [3.8, 4) is 0 Å². The van der Waals surface area contributed by atoms with Crippen LogP contribution in [0.4, 0.5) is 0 Å². The summed E-state index contributed by atoms with van der Waals surface area (Å²) in [5, 5.41) is 4.83. The van der Waals surface area contributed by atoms with Gasteiger partial charge >= 0.3 is 0 Å². The molecule has 18 heavy (non-hydrogen) atoms. The Balaban J connectivity index is 1.85. The van der Waals surface area contributed by atoms with Crippen LogP contribution >= 0.6 is 11.8 Å². The van der Waals surface area contributed by atoms with Crippen LogP contribution in [0.1, 0.15) is 24.7 Å². The number of nitrogens with one attached hydrogen (secondary N) is 1. The van der Waals surface area contributed by atoms with E-state index < -0.39 is 0 Å². The highest BCUT2D eigenvalue weighted by Gasteiger charge is 2.23. The Morgan fingerprint density at radius 3 is 2.78 bits per heavy atom. The summed E-state index contributed by atoms with van der Waals surface area (Å²) in [6.07, 6.45) is 0. The average molecular weight is 264 g/mol. The minimum atomic E-state index is -0.159. The summed E-state index contributed by atoms with van der Waals surface area (Å²) in [4.78, 5) is 4.54. The lowest BCUT2D eigenvalue weighted by Crippen LogP contribution is -2.38.